The van der Waals surface area contributed by atoms with Gasteiger partial charge in [0.2, 0.25) is 0 Å². The molecule has 130 valence electrons. The predicted octanol–water partition coefficient (Wildman–Crippen LogP) is 4.99. The maximum absolute atomic E-state index is 12.8. The average molecular weight is 366 g/mol. The second-order valence-electron chi connectivity index (χ2n) is 6.09. The fraction of sp³-hybridized carbons (Fsp3) is 0.0952. The Morgan fingerprint density at radius 2 is 1.73 bits per heavy atom. The van der Waals surface area contributed by atoms with E-state index < -0.39 is 11.9 Å². The molecule has 5 heteroatoms. The van der Waals surface area contributed by atoms with E-state index in [0.717, 1.165) is 11.1 Å². The van der Waals surface area contributed by atoms with E-state index in [0.29, 0.717) is 16.4 Å². The van der Waals surface area contributed by atoms with Crippen LogP contribution in [0.4, 0.5) is 0 Å². The van der Waals surface area contributed by atoms with E-state index >= 15 is 0 Å². The van der Waals surface area contributed by atoms with Gasteiger partial charge in [0.25, 0.3) is 5.91 Å². The Bertz CT molecular complexity index is 947. The van der Waals surface area contributed by atoms with Crippen LogP contribution in [-0.2, 0) is 11.3 Å². The molecule has 0 bridgehead atoms. The maximum atomic E-state index is 12.8. The molecule has 0 aliphatic carbocycles. The van der Waals surface area contributed by atoms with Gasteiger partial charge in [0, 0.05) is 10.6 Å². The van der Waals surface area contributed by atoms with Gasteiger partial charge in [-0.05, 0) is 35.4 Å². The molecule has 4 rings (SSSR count). The summed E-state index contributed by atoms with van der Waals surface area (Å²) in [6.45, 7) is 0.263. The van der Waals surface area contributed by atoms with Gasteiger partial charge < -0.3 is 14.4 Å². The quantitative estimate of drug-likeness (QED) is 0.709. The summed E-state index contributed by atoms with van der Waals surface area (Å²) >= 11 is 6.02. The monoisotopic (exact) mass is 365 g/mol. The van der Waals surface area contributed by atoms with Crippen LogP contribution in [0.2, 0.25) is 5.02 Å². The predicted molar refractivity (Wildman–Crippen MR) is 99.4 cm³/mol. The number of carbonyl (C=O) groups excluding carboxylic acids is 1. The topological polar surface area (TPSA) is 53.7 Å². The van der Waals surface area contributed by atoms with E-state index in [-0.39, 0.29) is 12.3 Å². The highest BCUT2D eigenvalue weighted by molar-refractivity contribution is 6.30. The van der Waals surface area contributed by atoms with Crippen molar-refractivity contribution < 1.29 is 14.3 Å². The average Bonchev–Trinajstić information content (AvgIpc) is 3.26. The van der Waals surface area contributed by atoms with Crippen molar-refractivity contribution in [3.8, 4) is 0 Å². The molecule has 0 saturated carbocycles. The molecule has 1 atom stereocenters. The minimum atomic E-state index is -0.424. The van der Waals surface area contributed by atoms with Crippen LogP contribution >= 0.6 is 11.6 Å². The van der Waals surface area contributed by atoms with Crippen LogP contribution in [0.5, 0.6) is 0 Å². The molecule has 4 nitrogen and oxygen atoms in total. The fourth-order valence-electron chi connectivity index (χ4n) is 3.29. The number of aliphatic hydroxyl groups excluding tert-OH is 1. The number of amides is 1. The molecule has 1 aliphatic heterocycles. The second-order valence-corrected chi connectivity index (χ2v) is 6.53. The molecule has 3 aromatic rings. The van der Waals surface area contributed by atoms with Gasteiger partial charge in [-0.15, -0.1) is 0 Å². The third-order valence-electron chi connectivity index (χ3n) is 4.48. The van der Waals surface area contributed by atoms with Crippen molar-refractivity contribution >= 4 is 23.1 Å². The Morgan fingerprint density at radius 1 is 1.00 bits per heavy atom. The first kappa shape index (κ1) is 16.5. The number of rotatable bonds is 4. The number of hydrogen-bond acceptors (Lipinski definition) is 3. The van der Waals surface area contributed by atoms with Crippen LogP contribution in [0.25, 0.3) is 5.57 Å². The van der Waals surface area contributed by atoms with Crippen molar-refractivity contribution in [1.29, 1.82) is 0 Å². The van der Waals surface area contributed by atoms with E-state index in [1.54, 1.807) is 29.4 Å². The van der Waals surface area contributed by atoms with Gasteiger partial charge in [0.1, 0.15) is 5.76 Å². The molecule has 2 aromatic carbocycles. The summed E-state index contributed by atoms with van der Waals surface area (Å²) in [6, 6.07) is 19.9. The molecular formula is C21H16ClNO3. The van der Waals surface area contributed by atoms with Crippen molar-refractivity contribution in [3.63, 3.8) is 0 Å². The molecule has 2 heterocycles. The van der Waals surface area contributed by atoms with Gasteiger partial charge in [-0.2, -0.15) is 0 Å². The van der Waals surface area contributed by atoms with Crippen molar-refractivity contribution in [2.24, 2.45) is 0 Å². The van der Waals surface area contributed by atoms with Crippen molar-refractivity contribution in [3.05, 3.63) is 101 Å². The number of nitrogens with zero attached hydrogens (tertiary/aromatic N) is 1. The molecule has 0 spiro atoms. The van der Waals surface area contributed by atoms with Gasteiger partial charge in [0.05, 0.1) is 18.8 Å². The van der Waals surface area contributed by atoms with Gasteiger partial charge in [-0.3, -0.25) is 4.79 Å². The van der Waals surface area contributed by atoms with Crippen LogP contribution in [0.3, 0.4) is 0 Å². The Kier molecular flexibility index (Phi) is 4.27. The number of halogens is 1. The molecule has 1 N–H and O–H groups in total. The molecular weight excluding hydrogens is 350 g/mol. The third kappa shape index (κ3) is 2.89. The molecule has 0 fully saturated rings. The lowest BCUT2D eigenvalue weighted by atomic mass is 9.93. The van der Waals surface area contributed by atoms with Crippen LogP contribution < -0.4 is 0 Å². The smallest absolute Gasteiger partial charge is 0.290 e. The highest BCUT2D eigenvalue weighted by Gasteiger charge is 2.41. The zero-order chi connectivity index (χ0) is 18.1. The van der Waals surface area contributed by atoms with Crippen LogP contribution in [0, 0.1) is 0 Å². The number of carbonyl (C=O) groups is 1. The van der Waals surface area contributed by atoms with E-state index in [1.807, 2.05) is 48.5 Å². The van der Waals surface area contributed by atoms with Crippen LogP contribution in [0.15, 0.2) is 83.2 Å². The summed E-state index contributed by atoms with van der Waals surface area (Å²) < 4.78 is 5.41. The largest absolute Gasteiger partial charge is 0.503 e. The van der Waals surface area contributed by atoms with Crippen LogP contribution in [0.1, 0.15) is 22.9 Å². The van der Waals surface area contributed by atoms with E-state index in [1.165, 1.54) is 0 Å². The van der Waals surface area contributed by atoms with E-state index in [9.17, 15) is 9.90 Å². The summed E-state index contributed by atoms with van der Waals surface area (Å²) in [5, 5.41) is 11.2. The minimum Gasteiger partial charge on any atom is -0.503 e. The molecule has 1 aliphatic rings. The summed E-state index contributed by atoms with van der Waals surface area (Å²) in [7, 11) is 0. The molecule has 1 aromatic heterocycles. The summed E-state index contributed by atoms with van der Waals surface area (Å²) in [5.41, 5.74) is 2.27. The zero-order valence-electron chi connectivity index (χ0n) is 13.8. The Hall–Kier alpha value is -2.98. The molecule has 0 radical (unpaired) electrons. The lowest BCUT2D eigenvalue weighted by Gasteiger charge is -2.26. The van der Waals surface area contributed by atoms with E-state index in [4.69, 9.17) is 16.0 Å². The molecule has 26 heavy (non-hydrogen) atoms. The summed E-state index contributed by atoms with van der Waals surface area (Å²) in [4.78, 5) is 14.4. The zero-order valence-corrected chi connectivity index (χ0v) is 14.6. The molecule has 0 unspecified atom stereocenters. The summed E-state index contributed by atoms with van der Waals surface area (Å²) in [5.74, 6) is 0.00216. The SMILES string of the molecule is O=C1C(O)=C(c2ccccc2)[C@H](c2ccc(Cl)cc2)N1Cc1ccco1. The third-order valence-corrected chi connectivity index (χ3v) is 4.73. The number of aliphatic hydroxyl groups is 1. The standard InChI is InChI=1S/C21H16ClNO3/c22-16-10-8-15(9-11-16)19-18(14-5-2-1-3-6-14)20(24)21(25)23(19)13-17-7-4-12-26-17/h1-12,19,24H,13H2/t19-/m0/s1. The van der Waals surface area contributed by atoms with Crippen LogP contribution in [-0.4, -0.2) is 15.9 Å². The highest BCUT2D eigenvalue weighted by Crippen LogP contribution is 2.43. The van der Waals surface area contributed by atoms with E-state index in [2.05, 4.69) is 0 Å². The molecule has 0 saturated heterocycles. The summed E-state index contributed by atoms with van der Waals surface area (Å²) in [6.07, 6.45) is 1.57. The first-order valence-corrected chi connectivity index (χ1v) is 8.60. The Labute approximate surface area is 155 Å². The number of hydrogen-bond donors (Lipinski definition) is 1. The molecule has 1 amide bonds. The van der Waals surface area contributed by atoms with Gasteiger partial charge in [0.15, 0.2) is 5.76 Å². The first-order chi connectivity index (χ1) is 12.6. The van der Waals surface area contributed by atoms with Gasteiger partial charge in [-0.1, -0.05) is 54.1 Å². The van der Waals surface area contributed by atoms with Gasteiger partial charge in [-0.25, -0.2) is 0 Å². The lowest BCUT2D eigenvalue weighted by Crippen LogP contribution is -2.29. The lowest BCUT2D eigenvalue weighted by molar-refractivity contribution is -0.130. The normalized spacial score (nSPS) is 17.2. The highest BCUT2D eigenvalue weighted by atomic mass is 35.5. The Balaban J connectivity index is 1.82. The number of furan rings is 1. The number of benzene rings is 2. The second kappa shape index (κ2) is 6.73. The first-order valence-electron chi connectivity index (χ1n) is 8.22. The minimum absolute atomic E-state index is 0.234. The maximum Gasteiger partial charge on any atom is 0.290 e. The van der Waals surface area contributed by atoms with Crippen molar-refractivity contribution in [2.45, 2.75) is 12.6 Å². The fourth-order valence-corrected chi connectivity index (χ4v) is 3.42. The van der Waals surface area contributed by atoms with Crippen molar-refractivity contribution in [1.82, 2.24) is 4.90 Å². The van der Waals surface area contributed by atoms with Crippen molar-refractivity contribution in [2.75, 3.05) is 0 Å². The van der Waals surface area contributed by atoms with Gasteiger partial charge >= 0.3 is 0 Å². The Morgan fingerprint density at radius 3 is 2.38 bits per heavy atom.